The SMILES string of the molecule is N#Cc1cc(N[C@@H]2C[C@H]2c2ccc(F)cc2)nc2ccc([N+](=O)[O-])cc12. The Hall–Kier alpha value is -3.53. The molecular weight excluding hydrogens is 335 g/mol. The van der Waals surface area contributed by atoms with E-state index in [4.69, 9.17) is 0 Å². The molecule has 0 saturated heterocycles. The summed E-state index contributed by atoms with van der Waals surface area (Å²) in [5.74, 6) is 0.566. The number of nitriles is 1. The van der Waals surface area contributed by atoms with Crippen molar-refractivity contribution in [1.29, 1.82) is 5.26 Å². The van der Waals surface area contributed by atoms with Gasteiger partial charge in [0.1, 0.15) is 11.6 Å². The number of halogens is 1. The molecule has 1 aliphatic rings. The molecular formula is C19H13FN4O2. The number of hydrogen-bond acceptors (Lipinski definition) is 5. The average molecular weight is 348 g/mol. The van der Waals surface area contributed by atoms with Gasteiger partial charge >= 0.3 is 0 Å². The highest BCUT2D eigenvalue weighted by molar-refractivity contribution is 5.88. The van der Waals surface area contributed by atoms with Crippen molar-refractivity contribution in [2.45, 2.75) is 18.4 Å². The fraction of sp³-hybridized carbons (Fsp3) is 0.158. The minimum absolute atomic E-state index is 0.0740. The summed E-state index contributed by atoms with van der Waals surface area (Å²) in [5, 5.41) is 24.1. The van der Waals surface area contributed by atoms with Crippen LogP contribution in [0.1, 0.15) is 23.5 Å². The van der Waals surface area contributed by atoms with E-state index in [1.807, 2.05) is 0 Å². The summed E-state index contributed by atoms with van der Waals surface area (Å²) in [6.07, 6.45) is 0.896. The molecule has 1 N–H and O–H groups in total. The smallest absolute Gasteiger partial charge is 0.270 e. The number of fused-ring (bicyclic) bond motifs is 1. The third-order valence-electron chi connectivity index (χ3n) is 4.55. The van der Waals surface area contributed by atoms with Gasteiger partial charge in [-0.25, -0.2) is 9.37 Å². The minimum atomic E-state index is -0.496. The molecule has 4 rings (SSSR count). The lowest BCUT2D eigenvalue weighted by atomic mass is 10.1. The Bertz CT molecular complexity index is 1060. The zero-order chi connectivity index (χ0) is 18.3. The molecule has 0 spiro atoms. The first-order valence-corrected chi connectivity index (χ1v) is 8.06. The van der Waals surface area contributed by atoms with Crippen LogP contribution in [0.25, 0.3) is 10.9 Å². The molecule has 0 aliphatic heterocycles. The molecule has 1 aromatic heterocycles. The van der Waals surface area contributed by atoms with Crippen LogP contribution in [0.15, 0.2) is 48.5 Å². The van der Waals surface area contributed by atoms with Gasteiger partial charge in [0.2, 0.25) is 0 Å². The number of non-ortho nitro benzene ring substituents is 1. The van der Waals surface area contributed by atoms with Gasteiger partial charge in [-0.15, -0.1) is 0 Å². The number of aromatic nitrogens is 1. The largest absolute Gasteiger partial charge is 0.367 e. The van der Waals surface area contributed by atoms with Gasteiger partial charge < -0.3 is 5.32 Å². The summed E-state index contributed by atoms with van der Waals surface area (Å²) >= 11 is 0. The van der Waals surface area contributed by atoms with Gasteiger partial charge in [-0.3, -0.25) is 10.1 Å². The molecule has 3 aromatic rings. The Balaban J connectivity index is 1.60. The van der Waals surface area contributed by atoms with Crippen LogP contribution < -0.4 is 5.32 Å². The maximum Gasteiger partial charge on any atom is 0.270 e. The molecule has 26 heavy (non-hydrogen) atoms. The third-order valence-corrected chi connectivity index (χ3v) is 4.55. The van der Waals surface area contributed by atoms with Gasteiger partial charge in [0.05, 0.1) is 22.1 Å². The van der Waals surface area contributed by atoms with Gasteiger partial charge in [0, 0.05) is 29.5 Å². The van der Waals surface area contributed by atoms with E-state index in [0.29, 0.717) is 22.3 Å². The van der Waals surface area contributed by atoms with Crippen LogP contribution in [0.3, 0.4) is 0 Å². The first-order valence-electron chi connectivity index (χ1n) is 8.06. The highest BCUT2D eigenvalue weighted by Crippen LogP contribution is 2.42. The van der Waals surface area contributed by atoms with Crippen molar-refractivity contribution in [3.8, 4) is 6.07 Å². The van der Waals surface area contributed by atoms with Crippen LogP contribution in [0.2, 0.25) is 0 Å². The second-order valence-electron chi connectivity index (χ2n) is 6.27. The van der Waals surface area contributed by atoms with Gasteiger partial charge in [-0.1, -0.05) is 12.1 Å². The summed E-state index contributed by atoms with van der Waals surface area (Å²) in [5.41, 5.74) is 1.84. The molecule has 1 aliphatic carbocycles. The summed E-state index contributed by atoms with van der Waals surface area (Å²) in [6, 6.07) is 14.6. The standard InChI is InChI=1S/C19H13FN4O2/c20-13-3-1-11(2-4-13)16-9-18(16)23-19-7-12(10-21)15-8-14(24(25)26)5-6-17(15)22-19/h1-8,16,18H,9H2,(H,22,23)/t16-,18+/m0/s1. The third kappa shape index (κ3) is 2.93. The van der Waals surface area contributed by atoms with Crippen molar-refractivity contribution in [1.82, 2.24) is 4.98 Å². The van der Waals surface area contributed by atoms with Gasteiger partial charge in [0.15, 0.2) is 0 Å². The van der Waals surface area contributed by atoms with E-state index < -0.39 is 4.92 Å². The predicted molar refractivity (Wildman–Crippen MR) is 94.3 cm³/mol. The molecule has 7 heteroatoms. The number of nitrogens with one attached hydrogen (secondary N) is 1. The number of hydrogen-bond donors (Lipinski definition) is 1. The number of nitro groups is 1. The number of nitrogens with zero attached hydrogens (tertiary/aromatic N) is 3. The maximum absolute atomic E-state index is 13.0. The Labute approximate surface area is 148 Å². The van der Waals surface area contributed by atoms with E-state index in [1.165, 1.54) is 24.3 Å². The van der Waals surface area contributed by atoms with Gasteiger partial charge in [-0.05, 0) is 36.2 Å². The average Bonchev–Trinajstić information content (AvgIpc) is 3.40. The number of nitro benzene ring substituents is 1. The quantitative estimate of drug-likeness (QED) is 0.565. The van der Waals surface area contributed by atoms with E-state index >= 15 is 0 Å². The maximum atomic E-state index is 13.0. The summed E-state index contributed by atoms with van der Waals surface area (Å²) in [6.45, 7) is 0. The first-order chi connectivity index (χ1) is 12.5. The van der Waals surface area contributed by atoms with Crippen LogP contribution in [-0.4, -0.2) is 15.9 Å². The van der Waals surface area contributed by atoms with Crippen LogP contribution in [0.5, 0.6) is 0 Å². The van der Waals surface area contributed by atoms with Crippen LogP contribution >= 0.6 is 0 Å². The van der Waals surface area contributed by atoms with E-state index in [2.05, 4.69) is 16.4 Å². The molecule has 128 valence electrons. The molecule has 0 unspecified atom stereocenters. The minimum Gasteiger partial charge on any atom is -0.367 e. The van der Waals surface area contributed by atoms with Crippen LogP contribution in [-0.2, 0) is 0 Å². The van der Waals surface area contributed by atoms with Crippen molar-refractivity contribution < 1.29 is 9.31 Å². The molecule has 0 radical (unpaired) electrons. The van der Waals surface area contributed by atoms with E-state index in [9.17, 15) is 19.8 Å². The molecule has 1 heterocycles. The predicted octanol–water partition coefficient (Wildman–Crippen LogP) is 4.12. The fourth-order valence-electron chi connectivity index (χ4n) is 3.12. The number of pyridine rings is 1. The highest BCUT2D eigenvalue weighted by Gasteiger charge is 2.38. The molecule has 1 fully saturated rings. The zero-order valence-electron chi connectivity index (χ0n) is 13.5. The van der Waals surface area contributed by atoms with Crippen molar-refractivity contribution in [3.05, 3.63) is 75.6 Å². The second-order valence-corrected chi connectivity index (χ2v) is 6.27. The molecule has 0 bridgehead atoms. The lowest BCUT2D eigenvalue weighted by Crippen LogP contribution is -2.06. The molecule has 6 nitrogen and oxygen atoms in total. The fourth-order valence-corrected chi connectivity index (χ4v) is 3.12. The highest BCUT2D eigenvalue weighted by atomic mass is 19.1. The van der Waals surface area contributed by atoms with Gasteiger partial charge in [-0.2, -0.15) is 5.26 Å². The van der Waals surface area contributed by atoms with Crippen LogP contribution in [0.4, 0.5) is 15.9 Å². The number of rotatable bonds is 4. The lowest BCUT2D eigenvalue weighted by molar-refractivity contribution is -0.384. The molecule has 2 atom stereocenters. The lowest BCUT2D eigenvalue weighted by Gasteiger charge is -2.08. The molecule has 2 aromatic carbocycles. The second kappa shape index (κ2) is 6.08. The zero-order valence-corrected chi connectivity index (χ0v) is 13.5. The van der Waals surface area contributed by atoms with Crippen molar-refractivity contribution in [2.75, 3.05) is 5.32 Å². The van der Waals surface area contributed by atoms with E-state index in [0.717, 1.165) is 12.0 Å². The van der Waals surface area contributed by atoms with E-state index in [1.54, 1.807) is 24.3 Å². The van der Waals surface area contributed by atoms with E-state index in [-0.39, 0.29) is 23.5 Å². The summed E-state index contributed by atoms with van der Waals surface area (Å²) < 4.78 is 13.0. The van der Waals surface area contributed by atoms with Crippen molar-refractivity contribution in [2.24, 2.45) is 0 Å². The molecule has 0 amide bonds. The monoisotopic (exact) mass is 348 g/mol. The van der Waals surface area contributed by atoms with Gasteiger partial charge in [0.25, 0.3) is 5.69 Å². The number of benzene rings is 2. The van der Waals surface area contributed by atoms with Crippen LogP contribution in [0, 0.1) is 27.3 Å². The normalized spacial score (nSPS) is 18.3. The number of anilines is 1. The Kier molecular flexibility index (Phi) is 3.73. The Morgan fingerprint density at radius 1 is 1.23 bits per heavy atom. The Morgan fingerprint density at radius 3 is 2.69 bits per heavy atom. The van der Waals surface area contributed by atoms with Crippen molar-refractivity contribution >= 4 is 22.4 Å². The topological polar surface area (TPSA) is 91.8 Å². The Morgan fingerprint density at radius 2 is 2.00 bits per heavy atom. The first kappa shape index (κ1) is 16.0. The summed E-state index contributed by atoms with van der Waals surface area (Å²) in [4.78, 5) is 14.9. The molecule has 1 saturated carbocycles. The summed E-state index contributed by atoms with van der Waals surface area (Å²) in [7, 11) is 0. The van der Waals surface area contributed by atoms with Crippen molar-refractivity contribution in [3.63, 3.8) is 0 Å².